The van der Waals surface area contributed by atoms with Crippen LogP contribution in [0.5, 0.6) is 5.75 Å². The molecule has 21 heavy (non-hydrogen) atoms. The Morgan fingerprint density at radius 1 is 1.33 bits per heavy atom. The van der Waals surface area contributed by atoms with Crippen LogP contribution in [0, 0.1) is 0 Å². The van der Waals surface area contributed by atoms with E-state index in [4.69, 9.17) is 9.47 Å². The minimum Gasteiger partial charge on any atom is -0.497 e. The summed E-state index contributed by atoms with van der Waals surface area (Å²) in [6.45, 7) is 4.43. The first kappa shape index (κ1) is 13.6. The van der Waals surface area contributed by atoms with Gasteiger partial charge in [-0.15, -0.1) is 0 Å². The van der Waals surface area contributed by atoms with Gasteiger partial charge < -0.3 is 14.4 Å². The van der Waals surface area contributed by atoms with Crippen LogP contribution in [0.2, 0.25) is 0 Å². The highest BCUT2D eigenvalue weighted by atomic mass is 16.5. The zero-order valence-corrected chi connectivity index (χ0v) is 13.3. The molecule has 2 fully saturated rings. The maximum absolute atomic E-state index is 6.45. The van der Waals surface area contributed by atoms with E-state index in [0.717, 1.165) is 18.8 Å². The predicted molar refractivity (Wildman–Crippen MR) is 83.0 cm³/mol. The van der Waals surface area contributed by atoms with E-state index >= 15 is 0 Å². The summed E-state index contributed by atoms with van der Waals surface area (Å²) in [5, 5.41) is 0. The maximum atomic E-state index is 6.45. The number of nitrogens with zero attached hydrogens (tertiary/aromatic N) is 1. The first-order valence-corrected chi connectivity index (χ1v) is 8.12. The molecule has 1 aliphatic carbocycles. The van der Waals surface area contributed by atoms with Crippen LogP contribution < -0.4 is 4.74 Å². The maximum Gasteiger partial charge on any atom is 0.119 e. The van der Waals surface area contributed by atoms with E-state index < -0.39 is 0 Å². The molecule has 4 rings (SSSR count). The lowest BCUT2D eigenvalue weighted by Crippen LogP contribution is -2.71. The summed E-state index contributed by atoms with van der Waals surface area (Å²) in [7, 11) is 4.02. The van der Waals surface area contributed by atoms with Crippen molar-refractivity contribution in [3.05, 3.63) is 29.3 Å². The van der Waals surface area contributed by atoms with Crippen LogP contribution in [-0.2, 0) is 16.6 Å². The van der Waals surface area contributed by atoms with E-state index in [1.54, 1.807) is 7.11 Å². The topological polar surface area (TPSA) is 21.7 Å². The summed E-state index contributed by atoms with van der Waals surface area (Å²) in [6, 6.07) is 7.16. The van der Waals surface area contributed by atoms with Crippen molar-refractivity contribution in [2.24, 2.45) is 0 Å². The lowest BCUT2D eigenvalue weighted by molar-refractivity contribution is -0.193. The molecule has 3 nitrogen and oxygen atoms in total. The number of ether oxygens (including phenoxy) is 2. The molecule has 0 saturated carbocycles. The van der Waals surface area contributed by atoms with E-state index in [-0.39, 0.29) is 11.0 Å². The van der Waals surface area contributed by atoms with Crippen molar-refractivity contribution in [3.8, 4) is 5.75 Å². The zero-order chi connectivity index (χ0) is 14.7. The van der Waals surface area contributed by atoms with Crippen LogP contribution in [0.3, 0.4) is 0 Å². The van der Waals surface area contributed by atoms with Gasteiger partial charge in [-0.25, -0.2) is 0 Å². The molecular weight excluding hydrogens is 262 g/mol. The summed E-state index contributed by atoms with van der Waals surface area (Å²) in [5.41, 5.74) is 3.10. The zero-order valence-electron chi connectivity index (χ0n) is 13.3. The Kier molecular flexibility index (Phi) is 2.89. The Hall–Kier alpha value is -1.06. The second-order valence-electron chi connectivity index (χ2n) is 7.11. The highest BCUT2D eigenvalue weighted by Crippen LogP contribution is 2.57. The molecule has 1 aromatic carbocycles. The van der Waals surface area contributed by atoms with Crippen LogP contribution in [-0.4, -0.2) is 43.9 Å². The van der Waals surface area contributed by atoms with Crippen molar-refractivity contribution < 1.29 is 9.47 Å². The van der Waals surface area contributed by atoms with Crippen LogP contribution in [0.1, 0.15) is 37.3 Å². The van der Waals surface area contributed by atoms with Crippen LogP contribution >= 0.6 is 0 Å². The first-order chi connectivity index (χ1) is 10.1. The lowest BCUT2D eigenvalue weighted by atomic mass is 9.52. The second kappa shape index (κ2) is 4.47. The average Bonchev–Trinajstić information content (AvgIpc) is 2.50. The minimum atomic E-state index is -0.0579. The molecule has 2 bridgehead atoms. The third-order valence-corrected chi connectivity index (χ3v) is 6.41. The van der Waals surface area contributed by atoms with Gasteiger partial charge in [-0.1, -0.05) is 6.07 Å². The fraction of sp³-hybridized carbons (Fsp3) is 0.667. The summed E-state index contributed by atoms with van der Waals surface area (Å²) >= 11 is 0. The molecule has 0 N–H and O–H groups in total. The molecule has 2 saturated heterocycles. The third kappa shape index (κ3) is 1.62. The average molecular weight is 287 g/mol. The summed E-state index contributed by atoms with van der Waals surface area (Å²) in [6.07, 6.45) is 4.70. The normalized spacial score (nSPS) is 38.5. The minimum absolute atomic E-state index is 0.0579. The SMILES string of the molecule is COc1ccc2c(c1)[C@@]13CCCOC1(C)[C@@H](C2)N(C)CC3. The van der Waals surface area contributed by atoms with E-state index in [9.17, 15) is 0 Å². The van der Waals surface area contributed by atoms with Crippen LogP contribution in [0.25, 0.3) is 0 Å². The van der Waals surface area contributed by atoms with E-state index in [1.807, 2.05) is 0 Å². The third-order valence-electron chi connectivity index (χ3n) is 6.41. The monoisotopic (exact) mass is 287 g/mol. The lowest BCUT2D eigenvalue weighted by Gasteiger charge is -2.64. The standard InChI is InChI=1S/C18H25NO2/c1-17-16-11-13-5-6-14(20-3)12-15(13)18(17,7-4-10-21-17)8-9-19(16)2/h5-6,12,16H,4,7-11H2,1-3H3/t16-,17?,18+/m1/s1. The molecule has 3 aliphatic rings. The van der Waals surface area contributed by atoms with Crippen molar-refractivity contribution in [2.75, 3.05) is 27.3 Å². The fourth-order valence-corrected chi connectivity index (χ4v) is 5.18. The highest BCUT2D eigenvalue weighted by molar-refractivity contribution is 5.48. The van der Waals surface area contributed by atoms with Gasteiger partial charge in [0.05, 0.1) is 12.7 Å². The van der Waals surface area contributed by atoms with Crippen molar-refractivity contribution in [1.82, 2.24) is 4.90 Å². The number of rotatable bonds is 1. The van der Waals surface area contributed by atoms with Gasteiger partial charge in [-0.2, -0.15) is 0 Å². The Balaban J connectivity index is 1.94. The van der Waals surface area contributed by atoms with Gasteiger partial charge in [-0.3, -0.25) is 0 Å². The van der Waals surface area contributed by atoms with Gasteiger partial charge in [0.2, 0.25) is 0 Å². The molecule has 0 spiro atoms. The Labute approximate surface area is 127 Å². The van der Waals surface area contributed by atoms with Crippen molar-refractivity contribution >= 4 is 0 Å². The number of fused-ring (bicyclic) bond motifs is 1. The Morgan fingerprint density at radius 3 is 3.00 bits per heavy atom. The molecular formula is C18H25NO2. The molecule has 3 atom stereocenters. The summed E-state index contributed by atoms with van der Waals surface area (Å²) in [4.78, 5) is 2.51. The van der Waals surface area contributed by atoms with Crippen molar-refractivity contribution in [1.29, 1.82) is 0 Å². The fourth-order valence-electron chi connectivity index (χ4n) is 5.18. The molecule has 114 valence electrons. The Morgan fingerprint density at radius 2 is 2.19 bits per heavy atom. The molecule has 1 unspecified atom stereocenters. The van der Waals surface area contributed by atoms with Crippen molar-refractivity contribution in [2.45, 2.75) is 49.7 Å². The molecule has 2 aliphatic heterocycles. The van der Waals surface area contributed by atoms with Gasteiger partial charge in [0.1, 0.15) is 5.75 Å². The second-order valence-corrected chi connectivity index (χ2v) is 7.11. The molecule has 1 aromatic rings. The molecule has 2 heterocycles. The van der Waals surface area contributed by atoms with Crippen LogP contribution in [0.15, 0.2) is 18.2 Å². The Bertz CT molecular complexity index is 572. The quantitative estimate of drug-likeness (QED) is 0.793. The summed E-state index contributed by atoms with van der Waals surface area (Å²) in [5.74, 6) is 0.980. The highest BCUT2D eigenvalue weighted by Gasteiger charge is 2.62. The predicted octanol–water partition coefficient (Wildman–Crippen LogP) is 2.76. The number of hydrogen-bond donors (Lipinski definition) is 0. The number of methoxy groups -OCH3 is 1. The van der Waals surface area contributed by atoms with Gasteiger partial charge in [0.25, 0.3) is 0 Å². The number of piperidine rings is 1. The van der Waals surface area contributed by atoms with Crippen LogP contribution in [0.4, 0.5) is 0 Å². The van der Waals surface area contributed by atoms with Gasteiger partial charge in [0.15, 0.2) is 0 Å². The van der Waals surface area contributed by atoms with Gasteiger partial charge in [0, 0.05) is 18.1 Å². The van der Waals surface area contributed by atoms with Crippen molar-refractivity contribution in [3.63, 3.8) is 0 Å². The largest absolute Gasteiger partial charge is 0.497 e. The number of benzene rings is 1. The summed E-state index contributed by atoms with van der Waals surface area (Å²) < 4.78 is 11.9. The molecule has 3 heteroatoms. The number of likely N-dealkylation sites (N-methyl/N-ethyl adjacent to an activating group) is 1. The van der Waals surface area contributed by atoms with Gasteiger partial charge >= 0.3 is 0 Å². The smallest absolute Gasteiger partial charge is 0.119 e. The van der Waals surface area contributed by atoms with E-state index in [2.05, 4.69) is 37.1 Å². The van der Waals surface area contributed by atoms with E-state index in [1.165, 1.54) is 36.9 Å². The van der Waals surface area contributed by atoms with Gasteiger partial charge in [-0.05, 0) is 69.5 Å². The molecule has 0 amide bonds. The molecule has 0 aromatic heterocycles. The van der Waals surface area contributed by atoms with E-state index in [0.29, 0.717) is 6.04 Å². The number of hydrogen-bond acceptors (Lipinski definition) is 3. The number of likely N-dealkylation sites (tertiary alicyclic amines) is 1. The first-order valence-electron chi connectivity index (χ1n) is 8.12. The molecule has 0 radical (unpaired) electrons.